The highest BCUT2D eigenvalue weighted by atomic mass is 35.5. The predicted octanol–water partition coefficient (Wildman–Crippen LogP) is 2.44. The molecule has 0 aliphatic heterocycles. The lowest BCUT2D eigenvalue weighted by Crippen LogP contribution is -2.34. The minimum absolute atomic E-state index is 0.0184. The predicted molar refractivity (Wildman–Crippen MR) is 83.5 cm³/mol. The Hall–Kier alpha value is -1.31. The molecule has 0 fully saturated rings. The highest BCUT2D eigenvalue weighted by Crippen LogP contribution is 2.15. The third-order valence-electron chi connectivity index (χ3n) is 2.65. The number of halogens is 1. The van der Waals surface area contributed by atoms with Crippen molar-refractivity contribution in [1.29, 1.82) is 0 Å². The fourth-order valence-corrected chi connectivity index (χ4v) is 2.40. The van der Waals surface area contributed by atoms with Crippen molar-refractivity contribution in [2.45, 2.75) is 37.5 Å². The van der Waals surface area contributed by atoms with Crippen molar-refractivity contribution in [3.63, 3.8) is 0 Å². The van der Waals surface area contributed by atoms with Crippen molar-refractivity contribution < 1.29 is 12.7 Å². The maximum Gasteiger partial charge on any atom is 0.317 e. The van der Waals surface area contributed by atoms with E-state index in [0.29, 0.717) is 11.6 Å². The minimum atomic E-state index is -3.94. The summed E-state index contributed by atoms with van der Waals surface area (Å²) < 4.78 is 28.3. The van der Waals surface area contributed by atoms with E-state index in [1.165, 1.54) is 24.3 Å². The van der Waals surface area contributed by atoms with Crippen molar-refractivity contribution in [3.05, 3.63) is 29.3 Å². The van der Waals surface area contributed by atoms with Gasteiger partial charge in [-0.1, -0.05) is 37.8 Å². The number of hydrogen-bond acceptors (Lipinski definition) is 4. The first-order valence-corrected chi connectivity index (χ1v) is 8.49. The first-order valence-electron chi connectivity index (χ1n) is 6.70. The first kappa shape index (κ1) is 17.7. The van der Waals surface area contributed by atoms with Gasteiger partial charge in [-0.05, 0) is 30.7 Å². The van der Waals surface area contributed by atoms with Crippen LogP contribution < -0.4 is 11.2 Å². The molecule has 0 spiro atoms. The molecule has 1 rings (SSSR count). The quantitative estimate of drug-likeness (QED) is 0.330. The molecule has 0 heterocycles. The van der Waals surface area contributed by atoms with Crippen LogP contribution in [0, 0.1) is 0 Å². The van der Waals surface area contributed by atoms with Gasteiger partial charge in [-0.25, -0.2) is 5.48 Å². The van der Waals surface area contributed by atoms with Crippen molar-refractivity contribution in [2.75, 3.05) is 6.54 Å². The molecule has 1 aromatic carbocycles. The maximum absolute atomic E-state index is 11.8. The van der Waals surface area contributed by atoms with Crippen molar-refractivity contribution >= 4 is 27.7 Å². The second-order valence-electron chi connectivity index (χ2n) is 4.42. The smallest absolute Gasteiger partial charge is 0.317 e. The maximum atomic E-state index is 11.8. The molecule has 0 radical (unpaired) electrons. The molecule has 0 aliphatic carbocycles. The van der Waals surface area contributed by atoms with Crippen molar-refractivity contribution in [2.24, 2.45) is 10.7 Å². The Morgan fingerprint density at radius 2 is 1.95 bits per heavy atom. The van der Waals surface area contributed by atoms with Gasteiger partial charge in [0.05, 0.1) is 4.90 Å². The van der Waals surface area contributed by atoms with E-state index < -0.39 is 10.1 Å². The lowest BCUT2D eigenvalue weighted by atomic mass is 10.2. The van der Waals surface area contributed by atoms with E-state index in [-0.39, 0.29) is 10.9 Å². The molecule has 0 bridgehead atoms. The summed E-state index contributed by atoms with van der Waals surface area (Å²) in [6.45, 7) is 2.65. The SMILES string of the molecule is CCCCCCN=C(N)NOS(=O)(=O)c1ccc(Cl)cc1. The van der Waals surface area contributed by atoms with Crippen molar-refractivity contribution in [1.82, 2.24) is 5.48 Å². The Bertz CT molecular complexity index is 559. The third kappa shape index (κ3) is 6.79. The van der Waals surface area contributed by atoms with E-state index in [1.54, 1.807) is 0 Å². The monoisotopic (exact) mass is 333 g/mol. The molecule has 21 heavy (non-hydrogen) atoms. The molecular weight excluding hydrogens is 314 g/mol. The normalized spacial score (nSPS) is 12.4. The van der Waals surface area contributed by atoms with Crippen LogP contribution in [-0.4, -0.2) is 20.9 Å². The Balaban J connectivity index is 2.45. The fraction of sp³-hybridized carbons (Fsp3) is 0.462. The summed E-state index contributed by atoms with van der Waals surface area (Å²) in [6.07, 6.45) is 4.25. The Morgan fingerprint density at radius 3 is 2.57 bits per heavy atom. The zero-order valence-corrected chi connectivity index (χ0v) is 13.5. The summed E-state index contributed by atoms with van der Waals surface area (Å²) in [5.74, 6) is -0.0657. The number of guanidine groups is 1. The standard InChI is InChI=1S/C13H20ClN3O3S/c1-2-3-4-5-10-16-13(15)17-20-21(18,19)12-8-6-11(14)7-9-12/h6-9H,2-5,10H2,1H3,(H3,15,16,17). The van der Waals surface area contributed by atoms with Gasteiger partial charge in [0.2, 0.25) is 5.96 Å². The van der Waals surface area contributed by atoms with Gasteiger partial charge in [0.1, 0.15) is 0 Å². The van der Waals surface area contributed by atoms with E-state index in [1.807, 2.05) is 0 Å². The molecule has 0 atom stereocenters. The van der Waals surface area contributed by atoms with Gasteiger partial charge < -0.3 is 5.73 Å². The Kier molecular flexibility index (Phi) is 7.49. The topological polar surface area (TPSA) is 93.8 Å². The van der Waals surface area contributed by atoms with Crippen molar-refractivity contribution in [3.8, 4) is 0 Å². The Labute approximate surface area is 130 Å². The third-order valence-corrected chi connectivity index (χ3v) is 4.06. The molecule has 118 valence electrons. The van der Waals surface area contributed by atoms with Crippen LogP contribution in [0.5, 0.6) is 0 Å². The number of nitrogens with one attached hydrogen (secondary N) is 1. The lowest BCUT2D eigenvalue weighted by molar-refractivity contribution is 0.265. The van der Waals surface area contributed by atoms with Gasteiger partial charge in [-0.3, -0.25) is 4.99 Å². The summed E-state index contributed by atoms with van der Waals surface area (Å²) in [5, 5.41) is 0.440. The fourth-order valence-electron chi connectivity index (χ4n) is 1.52. The van der Waals surface area contributed by atoms with Crippen LogP contribution in [0.1, 0.15) is 32.6 Å². The molecule has 0 unspecified atom stereocenters. The number of nitrogens with two attached hydrogens (primary N) is 1. The molecule has 8 heteroatoms. The van der Waals surface area contributed by atoms with E-state index in [2.05, 4.69) is 21.7 Å². The summed E-state index contributed by atoms with van der Waals surface area (Å²) in [6, 6.07) is 5.61. The second-order valence-corrected chi connectivity index (χ2v) is 6.40. The van der Waals surface area contributed by atoms with E-state index in [0.717, 1.165) is 25.7 Å². The summed E-state index contributed by atoms with van der Waals surface area (Å²) in [4.78, 5) is 3.96. The highest BCUT2D eigenvalue weighted by molar-refractivity contribution is 7.86. The molecule has 0 saturated heterocycles. The van der Waals surface area contributed by atoms with Gasteiger partial charge >= 0.3 is 10.1 Å². The molecule has 0 aliphatic rings. The van der Waals surface area contributed by atoms with Crippen LogP contribution in [0.2, 0.25) is 5.02 Å². The number of unbranched alkanes of at least 4 members (excludes halogenated alkanes) is 3. The molecule has 0 aromatic heterocycles. The summed E-state index contributed by atoms with van der Waals surface area (Å²) in [5.41, 5.74) is 7.66. The van der Waals surface area contributed by atoms with E-state index in [9.17, 15) is 8.42 Å². The molecule has 3 N–H and O–H groups in total. The largest absolute Gasteiger partial charge is 0.368 e. The van der Waals surface area contributed by atoms with Gasteiger partial charge in [0.15, 0.2) is 0 Å². The van der Waals surface area contributed by atoms with Crippen LogP contribution in [0.25, 0.3) is 0 Å². The summed E-state index contributed by atoms with van der Waals surface area (Å²) >= 11 is 5.69. The number of rotatable bonds is 8. The molecule has 6 nitrogen and oxygen atoms in total. The zero-order chi connectivity index (χ0) is 15.7. The van der Waals surface area contributed by atoms with Gasteiger partial charge in [-0.2, -0.15) is 8.42 Å². The number of nitrogens with zero attached hydrogens (tertiary/aromatic N) is 1. The number of benzene rings is 1. The zero-order valence-electron chi connectivity index (χ0n) is 11.9. The van der Waals surface area contributed by atoms with E-state index >= 15 is 0 Å². The second kappa shape index (κ2) is 8.86. The highest BCUT2D eigenvalue weighted by Gasteiger charge is 2.15. The van der Waals surface area contributed by atoms with Gasteiger partial charge in [0, 0.05) is 11.6 Å². The average molecular weight is 334 g/mol. The Morgan fingerprint density at radius 1 is 1.29 bits per heavy atom. The van der Waals surface area contributed by atoms with Crippen LogP contribution in [0.15, 0.2) is 34.2 Å². The number of hydroxylamine groups is 1. The van der Waals surface area contributed by atoms with E-state index in [4.69, 9.17) is 17.3 Å². The molecule has 0 saturated carbocycles. The van der Waals surface area contributed by atoms with Crippen LogP contribution in [0.3, 0.4) is 0 Å². The first-order chi connectivity index (χ1) is 9.95. The van der Waals surface area contributed by atoms with Gasteiger partial charge in [-0.15, -0.1) is 4.28 Å². The minimum Gasteiger partial charge on any atom is -0.368 e. The summed E-state index contributed by atoms with van der Waals surface area (Å²) in [7, 11) is -3.94. The molecule has 1 aromatic rings. The van der Waals surface area contributed by atoms with Crippen LogP contribution in [0.4, 0.5) is 0 Å². The molecule has 0 amide bonds. The lowest BCUT2D eigenvalue weighted by Gasteiger charge is -2.07. The van der Waals surface area contributed by atoms with Crippen LogP contribution in [-0.2, 0) is 14.4 Å². The number of hydrogen-bond donors (Lipinski definition) is 2. The molecular formula is C13H20ClN3O3S. The van der Waals surface area contributed by atoms with Gasteiger partial charge in [0.25, 0.3) is 0 Å². The average Bonchev–Trinajstić information content (AvgIpc) is 2.45. The number of aliphatic imine (C=N–C) groups is 1. The van der Waals surface area contributed by atoms with Crippen LogP contribution >= 0.6 is 11.6 Å².